The average molecular weight is 541 g/mol. The third-order valence-electron chi connectivity index (χ3n) is 5.36. The molecule has 0 N–H and O–H groups in total. The van der Waals surface area contributed by atoms with Crippen LogP contribution in [0.4, 0.5) is 18.0 Å². The van der Waals surface area contributed by atoms with Gasteiger partial charge in [0.15, 0.2) is 12.4 Å². The highest BCUT2D eigenvalue weighted by molar-refractivity contribution is 7.90. The molecule has 3 aromatic rings. The second-order valence-corrected chi connectivity index (χ2v) is 9.59. The zero-order chi connectivity index (χ0) is 27.2. The predicted octanol–water partition coefficient (Wildman–Crippen LogP) is 4.23. The number of halogens is 3. The van der Waals surface area contributed by atoms with Gasteiger partial charge in [0.2, 0.25) is 0 Å². The summed E-state index contributed by atoms with van der Waals surface area (Å²) in [6.45, 7) is 2.00. The Kier molecular flexibility index (Phi) is 9.38. The molecule has 0 radical (unpaired) electrons. The summed E-state index contributed by atoms with van der Waals surface area (Å²) in [7, 11) is 1.60. The monoisotopic (exact) mass is 540 g/mol. The van der Waals surface area contributed by atoms with E-state index >= 15 is 0 Å². The number of carbonyl (C=O) groups is 2. The molecule has 2 heterocycles. The predicted molar refractivity (Wildman–Crippen MR) is 130 cm³/mol. The van der Waals surface area contributed by atoms with Crippen LogP contribution in [0.3, 0.4) is 0 Å². The van der Waals surface area contributed by atoms with Crippen molar-refractivity contribution in [2.24, 2.45) is 0 Å². The number of fused-ring (bicyclic) bond motifs is 1. The quantitative estimate of drug-likeness (QED) is 0.215. The van der Waals surface area contributed by atoms with Gasteiger partial charge < -0.3 is 18.9 Å². The number of esters is 1. The first-order chi connectivity index (χ1) is 17.5. The first-order valence-electron chi connectivity index (χ1n) is 11.4. The summed E-state index contributed by atoms with van der Waals surface area (Å²) < 4.78 is 62.2. The molecular weight excluding hydrogens is 513 g/mol. The molecule has 0 fully saturated rings. The number of imidazole rings is 1. The van der Waals surface area contributed by atoms with Crippen LogP contribution in [-0.2, 0) is 26.5 Å². The maximum Gasteiger partial charge on any atom is 0.422 e. The maximum atomic E-state index is 13.4. The summed E-state index contributed by atoms with van der Waals surface area (Å²) in [5.41, 5.74) is 1.52. The van der Waals surface area contributed by atoms with Crippen LogP contribution in [0.1, 0.15) is 31.0 Å². The Hall–Kier alpha value is -3.32. The number of alkyl halides is 3. The highest BCUT2D eigenvalue weighted by atomic mass is 32.2. The molecule has 0 saturated heterocycles. The van der Waals surface area contributed by atoms with E-state index in [-0.39, 0.29) is 34.9 Å². The van der Waals surface area contributed by atoms with E-state index in [4.69, 9.17) is 9.47 Å². The van der Waals surface area contributed by atoms with Crippen LogP contribution in [0.15, 0.2) is 41.7 Å². The van der Waals surface area contributed by atoms with E-state index in [0.717, 1.165) is 0 Å². The zero-order valence-corrected chi connectivity index (χ0v) is 21.4. The lowest BCUT2D eigenvalue weighted by Gasteiger charge is -2.19. The molecule has 1 atom stereocenters. The summed E-state index contributed by atoms with van der Waals surface area (Å²) in [5.74, 6) is -0.571. The minimum atomic E-state index is -4.50. The molecule has 1 aromatic carbocycles. The Bertz CT molecular complexity index is 1250. The van der Waals surface area contributed by atoms with Crippen LogP contribution in [0.25, 0.3) is 11.0 Å². The average Bonchev–Trinajstić information content (AvgIpc) is 3.22. The molecule has 3 rings (SSSR count). The van der Waals surface area contributed by atoms with Crippen LogP contribution >= 0.6 is 0 Å². The first kappa shape index (κ1) is 28.3. The van der Waals surface area contributed by atoms with Gasteiger partial charge >= 0.3 is 23.3 Å². The summed E-state index contributed by atoms with van der Waals surface area (Å²) in [5, 5.41) is 0.000718. The Labute approximate surface area is 214 Å². The number of hydrogen-bond acceptors (Lipinski definition) is 7. The highest BCUT2D eigenvalue weighted by Crippen LogP contribution is 2.27. The molecule has 0 spiro atoms. The molecule has 9 nitrogen and oxygen atoms in total. The summed E-state index contributed by atoms with van der Waals surface area (Å²) in [6, 6.07) is 7.70. The van der Waals surface area contributed by atoms with Gasteiger partial charge in [-0.2, -0.15) is 18.2 Å². The van der Waals surface area contributed by atoms with Crippen LogP contribution in [0.5, 0.6) is 5.75 Å². The lowest BCUT2D eigenvalue weighted by atomic mass is 10.2. The van der Waals surface area contributed by atoms with Crippen molar-refractivity contribution in [3.05, 3.63) is 47.8 Å². The van der Waals surface area contributed by atoms with Gasteiger partial charge in [-0.3, -0.25) is 9.78 Å². The largest absolute Gasteiger partial charge is 0.609 e. The lowest BCUT2D eigenvalue weighted by molar-refractivity contribution is -0.153. The molecule has 37 heavy (non-hydrogen) atoms. The molecule has 2 aromatic heterocycles. The molecule has 13 heteroatoms. The van der Waals surface area contributed by atoms with Crippen molar-refractivity contribution in [2.75, 3.05) is 26.8 Å². The number of rotatable bonds is 10. The standard InChI is InChI=1S/C24H27F3N4O5S/c1-16-19(28-11-10-21(16)36-15-24(25,26)27)14-37(34)22-29-18-8-4-5-9-20(18)31(22)23(33)30(3)12-6-7-13-35-17(2)32/h4-5,8-11H,6-7,12-15H2,1-3H3/t37-/m1/s1. The molecule has 0 aliphatic rings. The Balaban J connectivity index is 1.81. The molecule has 0 bridgehead atoms. The number of benzene rings is 1. The van der Waals surface area contributed by atoms with Gasteiger partial charge in [-0.05, 0) is 38.0 Å². The number of aromatic nitrogens is 3. The fraction of sp³-hybridized carbons (Fsp3) is 0.417. The summed E-state index contributed by atoms with van der Waals surface area (Å²) >= 11 is -1.86. The lowest BCUT2D eigenvalue weighted by Crippen LogP contribution is -2.34. The number of carbonyl (C=O) groups excluding carboxylic acids is 2. The number of nitrogens with zero attached hydrogens (tertiary/aromatic N) is 4. The van der Waals surface area contributed by atoms with Crippen molar-refractivity contribution in [1.29, 1.82) is 0 Å². The number of ether oxygens (including phenoxy) is 2. The van der Waals surface area contributed by atoms with Crippen LogP contribution in [-0.4, -0.2) is 69.0 Å². The van der Waals surface area contributed by atoms with Gasteiger partial charge in [-0.1, -0.05) is 12.1 Å². The van der Waals surface area contributed by atoms with E-state index in [2.05, 4.69) is 9.97 Å². The number of amides is 1. The number of unbranched alkanes of at least 4 members (excludes halogenated alkanes) is 1. The molecule has 0 aliphatic carbocycles. The van der Waals surface area contributed by atoms with Gasteiger partial charge in [0, 0.05) is 43.5 Å². The van der Waals surface area contributed by atoms with Crippen molar-refractivity contribution in [3.63, 3.8) is 0 Å². The minimum Gasteiger partial charge on any atom is -0.609 e. The minimum absolute atomic E-state index is 0.000718. The molecule has 0 aliphatic heterocycles. The SMILES string of the molecule is CC(=O)OCCCCN(C)C(=O)n1c([S@+]([O-])Cc2nccc(OCC(F)(F)F)c2C)nc2ccccc21. The number of pyridine rings is 1. The van der Waals surface area contributed by atoms with Crippen molar-refractivity contribution < 1.29 is 36.8 Å². The summed E-state index contributed by atoms with van der Waals surface area (Å²) in [4.78, 5) is 34.3. The van der Waals surface area contributed by atoms with Gasteiger partial charge in [-0.15, -0.1) is 0 Å². The first-order valence-corrected chi connectivity index (χ1v) is 12.7. The molecule has 1 amide bonds. The normalized spacial score (nSPS) is 12.4. The Morgan fingerprint density at radius 3 is 2.62 bits per heavy atom. The van der Waals surface area contributed by atoms with Gasteiger partial charge in [-0.25, -0.2) is 9.36 Å². The van der Waals surface area contributed by atoms with E-state index in [1.165, 1.54) is 35.6 Å². The van der Waals surface area contributed by atoms with E-state index in [9.17, 15) is 27.3 Å². The Morgan fingerprint density at radius 1 is 1.19 bits per heavy atom. The van der Waals surface area contributed by atoms with Crippen molar-refractivity contribution in [1.82, 2.24) is 19.4 Å². The maximum absolute atomic E-state index is 13.4. The second-order valence-electron chi connectivity index (χ2n) is 8.24. The van der Waals surface area contributed by atoms with Gasteiger partial charge in [0.25, 0.3) is 0 Å². The second kappa shape index (κ2) is 12.3. The van der Waals surface area contributed by atoms with Crippen LogP contribution in [0.2, 0.25) is 0 Å². The molecule has 0 unspecified atom stereocenters. The molecule has 200 valence electrons. The molecular formula is C24H27F3N4O5S. The number of para-hydroxylation sites is 2. The van der Waals surface area contributed by atoms with E-state index < -0.39 is 30.0 Å². The van der Waals surface area contributed by atoms with Crippen molar-refractivity contribution in [2.45, 2.75) is 43.8 Å². The highest BCUT2D eigenvalue weighted by Gasteiger charge is 2.31. The third kappa shape index (κ3) is 7.59. The topological polar surface area (TPSA) is 110 Å². The summed E-state index contributed by atoms with van der Waals surface area (Å²) in [6.07, 6.45) is -2.08. The van der Waals surface area contributed by atoms with E-state index in [1.807, 2.05) is 0 Å². The van der Waals surface area contributed by atoms with Crippen molar-refractivity contribution in [3.8, 4) is 5.75 Å². The number of hydrogen-bond donors (Lipinski definition) is 0. The van der Waals surface area contributed by atoms with E-state index in [1.54, 1.807) is 31.3 Å². The van der Waals surface area contributed by atoms with Gasteiger partial charge in [0.1, 0.15) is 5.75 Å². The Morgan fingerprint density at radius 2 is 1.92 bits per heavy atom. The van der Waals surface area contributed by atoms with Crippen LogP contribution in [0, 0.1) is 6.92 Å². The molecule has 0 saturated carbocycles. The fourth-order valence-corrected chi connectivity index (χ4v) is 4.73. The van der Waals surface area contributed by atoms with Crippen LogP contribution < -0.4 is 4.74 Å². The van der Waals surface area contributed by atoms with E-state index in [0.29, 0.717) is 36.0 Å². The smallest absolute Gasteiger partial charge is 0.422 e. The fourth-order valence-electron chi connectivity index (χ4n) is 3.48. The van der Waals surface area contributed by atoms with Crippen molar-refractivity contribution >= 4 is 34.2 Å². The third-order valence-corrected chi connectivity index (χ3v) is 6.58. The van der Waals surface area contributed by atoms with Gasteiger partial charge in [0.05, 0.1) is 23.3 Å². The zero-order valence-electron chi connectivity index (χ0n) is 20.6.